The molecule has 0 radical (unpaired) electrons. The third-order valence-electron chi connectivity index (χ3n) is 2.58. The summed E-state index contributed by atoms with van der Waals surface area (Å²) in [5, 5.41) is 2.69. The highest BCUT2D eigenvalue weighted by atomic mass is 16.5. The van der Waals surface area contributed by atoms with Crippen LogP contribution in [0.4, 0.5) is 0 Å². The van der Waals surface area contributed by atoms with E-state index in [0.717, 1.165) is 0 Å². The van der Waals surface area contributed by atoms with Crippen LogP contribution in [0.5, 0.6) is 0 Å². The summed E-state index contributed by atoms with van der Waals surface area (Å²) in [5.41, 5.74) is 4.94. The van der Waals surface area contributed by atoms with E-state index in [1.165, 1.54) is 7.11 Å². The molecule has 1 aliphatic heterocycles. The molecular formula is C10H18N2O4. The number of methoxy groups -OCH3 is 1. The van der Waals surface area contributed by atoms with Crippen LogP contribution in [0.25, 0.3) is 0 Å². The first-order chi connectivity index (χ1) is 7.58. The predicted molar refractivity (Wildman–Crippen MR) is 56.6 cm³/mol. The molecule has 0 aromatic heterocycles. The van der Waals surface area contributed by atoms with Crippen molar-refractivity contribution in [3.63, 3.8) is 0 Å². The van der Waals surface area contributed by atoms with Crippen molar-refractivity contribution in [3.8, 4) is 0 Å². The first kappa shape index (κ1) is 12.9. The summed E-state index contributed by atoms with van der Waals surface area (Å²) in [6, 6.07) is 0. The van der Waals surface area contributed by atoms with Gasteiger partial charge in [0.1, 0.15) is 5.54 Å². The second-order valence-corrected chi connectivity index (χ2v) is 3.89. The first-order valence-corrected chi connectivity index (χ1v) is 5.30. The lowest BCUT2D eigenvalue weighted by Crippen LogP contribution is -2.54. The lowest BCUT2D eigenvalue weighted by Gasteiger charge is -2.20. The Hall–Kier alpha value is -1.14. The van der Waals surface area contributed by atoms with Gasteiger partial charge in [0, 0.05) is 19.6 Å². The SMILES string of the molecule is COC(=O)CCCNC(=O)C1(N)CCOC1. The number of ether oxygens (including phenoxy) is 2. The third kappa shape index (κ3) is 3.46. The minimum absolute atomic E-state index is 0.213. The van der Waals surface area contributed by atoms with Gasteiger partial charge in [0.05, 0.1) is 13.7 Å². The quantitative estimate of drug-likeness (QED) is 0.475. The van der Waals surface area contributed by atoms with Crippen LogP contribution in [0.1, 0.15) is 19.3 Å². The topological polar surface area (TPSA) is 90.7 Å². The summed E-state index contributed by atoms with van der Waals surface area (Å²) in [7, 11) is 1.34. The average Bonchev–Trinajstić information content (AvgIpc) is 2.72. The normalized spacial score (nSPS) is 24.1. The van der Waals surface area contributed by atoms with Crippen LogP contribution in [-0.2, 0) is 19.1 Å². The van der Waals surface area contributed by atoms with E-state index in [1.54, 1.807) is 0 Å². The molecule has 1 fully saturated rings. The molecule has 1 rings (SSSR count). The molecule has 1 aliphatic rings. The van der Waals surface area contributed by atoms with Gasteiger partial charge in [-0.05, 0) is 12.8 Å². The number of nitrogens with two attached hydrogens (primary N) is 1. The van der Waals surface area contributed by atoms with Crippen LogP contribution in [-0.4, -0.2) is 44.3 Å². The Labute approximate surface area is 94.5 Å². The molecule has 6 heteroatoms. The molecule has 1 heterocycles. The van der Waals surface area contributed by atoms with E-state index < -0.39 is 5.54 Å². The van der Waals surface area contributed by atoms with Crippen molar-refractivity contribution in [2.45, 2.75) is 24.8 Å². The number of carbonyl (C=O) groups is 2. The maximum absolute atomic E-state index is 11.6. The van der Waals surface area contributed by atoms with Crippen LogP contribution >= 0.6 is 0 Å². The summed E-state index contributed by atoms with van der Waals surface area (Å²) in [5.74, 6) is -0.490. The Balaban J connectivity index is 2.17. The Morgan fingerprint density at radius 1 is 1.56 bits per heavy atom. The molecule has 0 saturated carbocycles. The molecule has 1 unspecified atom stereocenters. The lowest BCUT2D eigenvalue weighted by molar-refractivity contribution is -0.140. The molecule has 92 valence electrons. The summed E-state index contributed by atoms with van der Waals surface area (Å²) < 4.78 is 9.56. The highest BCUT2D eigenvalue weighted by Gasteiger charge is 2.37. The van der Waals surface area contributed by atoms with E-state index in [-0.39, 0.29) is 18.5 Å². The summed E-state index contributed by atoms with van der Waals surface area (Å²) in [4.78, 5) is 22.4. The molecule has 0 aromatic carbocycles. The highest BCUT2D eigenvalue weighted by Crippen LogP contribution is 2.15. The molecule has 16 heavy (non-hydrogen) atoms. The number of hydrogen-bond acceptors (Lipinski definition) is 5. The second-order valence-electron chi connectivity index (χ2n) is 3.89. The molecule has 1 atom stereocenters. The van der Waals surface area contributed by atoms with Gasteiger partial charge in [-0.15, -0.1) is 0 Å². The van der Waals surface area contributed by atoms with Crippen LogP contribution in [0, 0.1) is 0 Å². The molecule has 1 saturated heterocycles. The van der Waals surface area contributed by atoms with Crippen molar-refractivity contribution in [2.24, 2.45) is 5.73 Å². The van der Waals surface area contributed by atoms with Crippen LogP contribution in [0.3, 0.4) is 0 Å². The maximum atomic E-state index is 11.6. The van der Waals surface area contributed by atoms with E-state index in [4.69, 9.17) is 10.5 Å². The predicted octanol–water partition coefficient (Wildman–Crippen LogP) is -0.826. The molecule has 1 amide bonds. The van der Waals surface area contributed by atoms with Crippen molar-refractivity contribution in [1.29, 1.82) is 0 Å². The van der Waals surface area contributed by atoms with Gasteiger partial charge in [-0.2, -0.15) is 0 Å². The van der Waals surface area contributed by atoms with Crippen LogP contribution in [0.2, 0.25) is 0 Å². The highest BCUT2D eigenvalue weighted by molar-refractivity contribution is 5.86. The van der Waals surface area contributed by atoms with Crippen LogP contribution < -0.4 is 11.1 Å². The number of carbonyl (C=O) groups excluding carboxylic acids is 2. The second kappa shape index (κ2) is 5.81. The van der Waals surface area contributed by atoms with Gasteiger partial charge in [0.25, 0.3) is 0 Å². The fraction of sp³-hybridized carbons (Fsp3) is 0.800. The number of amides is 1. The Morgan fingerprint density at radius 2 is 2.31 bits per heavy atom. The van der Waals surface area contributed by atoms with E-state index in [2.05, 4.69) is 10.1 Å². The molecule has 0 aromatic rings. The summed E-state index contributed by atoms with van der Waals surface area (Å²) >= 11 is 0. The Morgan fingerprint density at radius 3 is 2.88 bits per heavy atom. The summed E-state index contributed by atoms with van der Waals surface area (Å²) in [6.07, 6.45) is 1.38. The monoisotopic (exact) mass is 230 g/mol. The van der Waals surface area contributed by atoms with E-state index >= 15 is 0 Å². The Kier molecular flexibility index (Phi) is 4.70. The lowest BCUT2D eigenvalue weighted by atomic mass is 9.99. The molecule has 0 bridgehead atoms. The summed E-state index contributed by atoms with van der Waals surface area (Å²) in [6.45, 7) is 1.20. The van der Waals surface area contributed by atoms with Crippen LogP contribution in [0.15, 0.2) is 0 Å². The van der Waals surface area contributed by atoms with E-state index in [9.17, 15) is 9.59 Å². The van der Waals surface area contributed by atoms with Gasteiger partial charge in [-0.1, -0.05) is 0 Å². The van der Waals surface area contributed by atoms with Gasteiger partial charge >= 0.3 is 5.97 Å². The number of nitrogens with one attached hydrogen (secondary N) is 1. The maximum Gasteiger partial charge on any atom is 0.305 e. The van der Waals surface area contributed by atoms with Gasteiger partial charge in [-0.3, -0.25) is 9.59 Å². The fourth-order valence-electron chi connectivity index (χ4n) is 1.47. The zero-order valence-corrected chi connectivity index (χ0v) is 9.45. The van der Waals surface area contributed by atoms with Crippen molar-refractivity contribution in [3.05, 3.63) is 0 Å². The minimum atomic E-state index is -0.898. The minimum Gasteiger partial charge on any atom is -0.469 e. The van der Waals surface area contributed by atoms with Crippen molar-refractivity contribution >= 4 is 11.9 Å². The fourth-order valence-corrected chi connectivity index (χ4v) is 1.47. The largest absolute Gasteiger partial charge is 0.469 e. The average molecular weight is 230 g/mol. The van der Waals surface area contributed by atoms with Crippen molar-refractivity contribution in [1.82, 2.24) is 5.32 Å². The van der Waals surface area contributed by atoms with Gasteiger partial charge in [0.15, 0.2) is 0 Å². The smallest absolute Gasteiger partial charge is 0.305 e. The molecule has 3 N–H and O–H groups in total. The van der Waals surface area contributed by atoms with E-state index in [0.29, 0.717) is 32.4 Å². The number of rotatable bonds is 5. The zero-order chi connectivity index (χ0) is 12.0. The third-order valence-corrected chi connectivity index (χ3v) is 2.58. The number of hydrogen-bond donors (Lipinski definition) is 2. The standard InChI is InChI=1S/C10H18N2O4/c1-15-8(13)3-2-5-12-9(14)10(11)4-6-16-7-10/h2-7,11H2,1H3,(H,12,14). The van der Waals surface area contributed by atoms with Gasteiger partial charge in [0.2, 0.25) is 5.91 Å². The first-order valence-electron chi connectivity index (χ1n) is 5.30. The van der Waals surface area contributed by atoms with Crippen molar-refractivity contribution < 1.29 is 19.1 Å². The van der Waals surface area contributed by atoms with Gasteiger partial charge < -0.3 is 20.5 Å². The zero-order valence-electron chi connectivity index (χ0n) is 9.45. The molecule has 0 aliphatic carbocycles. The molecular weight excluding hydrogens is 212 g/mol. The number of esters is 1. The molecule has 0 spiro atoms. The molecule has 6 nitrogen and oxygen atoms in total. The van der Waals surface area contributed by atoms with Crippen molar-refractivity contribution in [2.75, 3.05) is 26.9 Å². The Bertz CT molecular complexity index is 262. The van der Waals surface area contributed by atoms with E-state index in [1.807, 2.05) is 0 Å². The van der Waals surface area contributed by atoms with Gasteiger partial charge in [-0.25, -0.2) is 0 Å².